The molecule has 0 aromatic heterocycles. The number of fused-ring (bicyclic) bond motifs is 2. The standard InChI is InChI=1S/2C14H15.Hf/c2*1-2-10-8-12-4-3-5-13(11-6-7-11)14(12)9-10;/h2*3-5,8-9,11H,2,6-7H2,1H3;. The topological polar surface area (TPSA) is 0 Å². The second-order valence-corrected chi connectivity index (χ2v) is 14.8. The van der Waals surface area contributed by atoms with Crippen molar-refractivity contribution < 1.29 is 22.9 Å². The first-order valence-electron chi connectivity index (χ1n) is 11.7. The van der Waals surface area contributed by atoms with Crippen LogP contribution in [0.25, 0.3) is 12.2 Å². The molecule has 0 nitrogen and oxygen atoms in total. The van der Waals surface area contributed by atoms with Crippen LogP contribution >= 0.6 is 0 Å². The van der Waals surface area contributed by atoms with Gasteiger partial charge in [-0.05, 0) is 0 Å². The predicted molar refractivity (Wildman–Crippen MR) is 119 cm³/mol. The Morgan fingerprint density at radius 2 is 1.07 bits per heavy atom. The zero-order chi connectivity index (χ0) is 19.5. The van der Waals surface area contributed by atoms with Gasteiger partial charge in [0, 0.05) is 0 Å². The number of allylic oxidation sites excluding steroid dienone is 2. The van der Waals surface area contributed by atoms with Gasteiger partial charge in [0.25, 0.3) is 0 Å². The molecule has 2 saturated carbocycles. The fraction of sp³-hybridized carbons (Fsp3) is 0.429. The molecular formula is C28H30Hf. The monoisotopic (exact) mass is 546 g/mol. The zero-order valence-electron chi connectivity index (χ0n) is 17.7. The summed E-state index contributed by atoms with van der Waals surface area (Å²) >= 11 is -0.986. The van der Waals surface area contributed by atoms with Crippen molar-refractivity contribution in [2.45, 2.75) is 71.6 Å². The molecule has 0 aliphatic heterocycles. The number of benzene rings is 2. The summed E-state index contributed by atoms with van der Waals surface area (Å²) in [6, 6.07) is 14.5. The molecular weight excluding hydrogens is 515 g/mol. The van der Waals surface area contributed by atoms with Crippen LogP contribution in [0.4, 0.5) is 0 Å². The van der Waals surface area contributed by atoms with E-state index in [-0.39, 0.29) is 0 Å². The summed E-state index contributed by atoms with van der Waals surface area (Å²) in [7, 11) is 0. The molecule has 2 fully saturated rings. The van der Waals surface area contributed by atoms with Crippen molar-refractivity contribution >= 4 is 12.2 Å². The van der Waals surface area contributed by atoms with Gasteiger partial charge in [0.05, 0.1) is 0 Å². The van der Waals surface area contributed by atoms with E-state index >= 15 is 0 Å². The van der Waals surface area contributed by atoms with Crippen molar-refractivity contribution in [3.63, 3.8) is 0 Å². The van der Waals surface area contributed by atoms with Crippen molar-refractivity contribution in [3.8, 4) is 0 Å². The van der Waals surface area contributed by atoms with Crippen molar-refractivity contribution in [1.82, 2.24) is 0 Å². The molecule has 0 spiro atoms. The Morgan fingerprint density at radius 3 is 1.45 bits per heavy atom. The van der Waals surface area contributed by atoms with Crippen LogP contribution in [0.5, 0.6) is 0 Å². The third-order valence-electron chi connectivity index (χ3n) is 7.55. The van der Waals surface area contributed by atoms with E-state index in [1.807, 2.05) is 0 Å². The Morgan fingerprint density at radius 1 is 0.655 bits per heavy atom. The van der Waals surface area contributed by atoms with E-state index in [4.69, 9.17) is 0 Å². The average Bonchev–Trinajstić information content (AvgIpc) is 3.68. The summed E-state index contributed by atoms with van der Waals surface area (Å²) in [5.74, 6) is 1.71. The van der Waals surface area contributed by atoms with E-state index < -0.39 is 22.9 Å². The Kier molecular flexibility index (Phi) is 4.60. The van der Waals surface area contributed by atoms with Crippen LogP contribution in [0, 0.1) is 0 Å². The number of rotatable bonds is 6. The first kappa shape index (κ1) is 18.6. The maximum atomic E-state index is 2.62. The van der Waals surface area contributed by atoms with Crippen LogP contribution in [-0.2, 0) is 22.9 Å². The van der Waals surface area contributed by atoms with E-state index in [0.29, 0.717) is 0 Å². The van der Waals surface area contributed by atoms with Crippen LogP contribution in [0.2, 0.25) is 0 Å². The van der Waals surface area contributed by atoms with Gasteiger partial charge in [-0.25, -0.2) is 0 Å². The second-order valence-electron chi connectivity index (χ2n) is 9.43. The molecule has 2 atom stereocenters. The summed E-state index contributed by atoms with van der Waals surface area (Å²) in [6.45, 7) is 4.77. The fourth-order valence-corrected chi connectivity index (χ4v) is 13.6. The van der Waals surface area contributed by atoms with E-state index in [1.54, 1.807) is 44.5 Å². The zero-order valence-corrected chi connectivity index (χ0v) is 21.3. The van der Waals surface area contributed by atoms with Gasteiger partial charge in [0.15, 0.2) is 0 Å². The van der Waals surface area contributed by atoms with Crippen LogP contribution in [0.1, 0.15) is 105 Å². The SMILES string of the molecule is CCC1=Cc2c(C3CC3)cccc2[CH]1[Hf][CH]1C(CC)=Cc2c(C3CC3)cccc21. The molecule has 29 heavy (non-hydrogen) atoms. The van der Waals surface area contributed by atoms with Crippen molar-refractivity contribution in [1.29, 1.82) is 0 Å². The molecule has 0 heterocycles. The summed E-state index contributed by atoms with van der Waals surface area (Å²) in [4.78, 5) is 0. The molecule has 0 amide bonds. The first-order chi connectivity index (χ1) is 14.3. The number of hydrogen-bond acceptors (Lipinski definition) is 0. The third-order valence-corrected chi connectivity index (χ3v) is 14.8. The third kappa shape index (κ3) is 3.11. The van der Waals surface area contributed by atoms with Crippen molar-refractivity contribution in [3.05, 3.63) is 80.9 Å². The molecule has 4 aliphatic carbocycles. The van der Waals surface area contributed by atoms with Crippen LogP contribution < -0.4 is 0 Å². The summed E-state index contributed by atoms with van der Waals surface area (Å²) < 4.78 is 1.59. The molecule has 0 radical (unpaired) electrons. The Hall–Kier alpha value is -1.21. The van der Waals surface area contributed by atoms with E-state index in [9.17, 15) is 0 Å². The van der Waals surface area contributed by atoms with Gasteiger partial charge >= 0.3 is 188 Å². The van der Waals surface area contributed by atoms with Gasteiger partial charge in [0.1, 0.15) is 0 Å². The van der Waals surface area contributed by atoms with Gasteiger partial charge in [0.2, 0.25) is 0 Å². The molecule has 1 heteroatoms. The summed E-state index contributed by atoms with van der Waals surface area (Å²) in [5.41, 5.74) is 13.5. The van der Waals surface area contributed by atoms with Gasteiger partial charge in [-0.15, -0.1) is 0 Å². The van der Waals surface area contributed by atoms with E-state index in [1.165, 1.54) is 38.5 Å². The quantitative estimate of drug-likeness (QED) is 0.324. The number of hydrogen-bond donors (Lipinski definition) is 0. The Labute approximate surface area is 186 Å². The van der Waals surface area contributed by atoms with Crippen molar-refractivity contribution in [2.24, 2.45) is 0 Å². The maximum absolute atomic E-state index is 2.62. The second kappa shape index (κ2) is 7.19. The Bertz CT molecular complexity index is 949. The average molecular weight is 545 g/mol. The Balaban J connectivity index is 1.38. The molecule has 6 rings (SSSR count). The van der Waals surface area contributed by atoms with E-state index in [2.05, 4.69) is 62.4 Å². The molecule has 0 saturated heterocycles. The molecule has 2 aromatic carbocycles. The minimum atomic E-state index is -0.986. The van der Waals surface area contributed by atoms with Gasteiger partial charge in [-0.3, -0.25) is 0 Å². The van der Waals surface area contributed by atoms with Crippen LogP contribution in [0.3, 0.4) is 0 Å². The summed E-state index contributed by atoms with van der Waals surface area (Å²) in [5, 5.41) is 0. The fourth-order valence-electron chi connectivity index (χ4n) is 5.65. The molecule has 2 unspecified atom stereocenters. The van der Waals surface area contributed by atoms with Crippen LogP contribution in [-0.4, -0.2) is 0 Å². The van der Waals surface area contributed by atoms with Gasteiger partial charge in [-0.2, -0.15) is 0 Å². The molecule has 0 bridgehead atoms. The molecule has 2 aromatic rings. The molecule has 4 aliphatic rings. The first-order valence-corrected chi connectivity index (χ1v) is 15.9. The van der Waals surface area contributed by atoms with Gasteiger partial charge < -0.3 is 0 Å². The van der Waals surface area contributed by atoms with Crippen molar-refractivity contribution in [2.75, 3.05) is 0 Å². The van der Waals surface area contributed by atoms with Gasteiger partial charge in [-0.1, -0.05) is 0 Å². The predicted octanol–water partition coefficient (Wildman–Crippen LogP) is 7.92. The minimum absolute atomic E-state index is 0.796. The molecule has 146 valence electrons. The normalized spacial score (nSPS) is 24.8. The molecule has 0 N–H and O–H groups in total. The summed E-state index contributed by atoms with van der Waals surface area (Å²) in [6.07, 6.45) is 13.3. The van der Waals surface area contributed by atoms with E-state index in [0.717, 1.165) is 19.2 Å². The van der Waals surface area contributed by atoms with Crippen LogP contribution in [0.15, 0.2) is 47.5 Å².